The number of piperidine rings is 2. The molecule has 0 amide bonds. The summed E-state index contributed by atoms with van der Waals surface area (Å²) in [5.74, 6) is 2.42. The van der Waals surface area contributed by atoms with Crippen molar-refractivity contribution < 1.29 is 4.79 Å². The minimum atomic E-state index is 0.272. The number of aldehydes is 1. The monoisotopic (exact) mass is 463 g/mol. The first-order valence-electron chi connectivity index (χ1n) is 12.4. The van der Waals surface area contributed by atoms with Crippen LogP contribution in [0.15, 0.2) is 29.4 Å². The van der Waals surface area contributed by atoms with Crippen LogP contribution in [-0.2, 0) is 6.54 Å². The Morgan fingerprint density at radius 3 is 2.41 bits per heavy atom. The molecule has 2 aliphatic heterocycles. The van der Waals surface area contributed by atoms with E-state index in [9.17, 15) is 4.79 Å². The Morgan fingerprint density at radius 1 is 1.06 bits per heavy atom. The minimum absolute atomic E-state index is 0.272. The van der Waals surface area contributed by atoms with E-state index < -0.39 is 0 Å². The zero-order chi connectivity index (χ0) is 23.9. The second-order valence-electron chi connectivity index (χ2n) is 9.69. The van der Waals surface area contributed by atoms with Crippen molar-refractivity contribution in [1.29, 1.82) is 0 Å². The molecule has 182 valence electrons. The molecule has 0 spiro atoms. The fourth-order valence-corrected chi connectivity index (χ4v) is 4.70. The SMILES string of the molecule is CN/N=C\c1nc(C2CCN(C)CC2)nc(Nc2ccc(CN3CCC(C)CC3)cc2)c1C=O. The maximum Gasteiger partial charge on any atom is 0.156 e. The van der Waals surface area contributed by atoms with Gasteiger partial charge in [0.15, 0.2) is 6.29 Å². The first-order valence-corrected chi connectivity index (χ1v) is 12.4. The molecule has 4 rings (SSSR count). The van der Waals surface area contributed by atoms with Crippen LogP contribution in [-0.4, -0.2) is 72.5 Å². The highest BCUT2D eigenvalue weighted by atomic mass is 16.1. The highest BCUT2D eigenvalue weighted by molar-refractivity contribution is 5.95. The summed E-state index contributed by atoms with van der Waals surface area (Å²) in [7, 11) is 3.86. The van der Waals surface area contributed by atoms with Crippen LogP contribution in [0.2, 0.25) is 0 Å². The van der Waals surface area contributed by atoms with Crippen LogP contribution in [0.5, 0.6) is 0 Å². The Morgan fingerprint density at radius 2 is 1.76 bits per heavy atom. The number of nitrogens with zero attached hydrogens (tertiary/aromatic N) is 5. The van der Waals surface area contributed by atoms with Gasteiger partial charge in [-0.15, -0.1) is 0 Å². The molecule has 3 heterocycles. The van der Waals surface area contributed by atoms with Crippen molar-refractivity contribution in [3.05, 3.63) is 46.9 Å². The van der Waals surface area contributed by atoms with Gasteiger partial charge in [-0.2, -0.15) is 5.10 Å². The number of hydrazone groups is 1. The van der Waals surface area contributed by atoms with Crippen molar-refractivity contribution in [3.8, 4) is 0 Å². The van der Waals surface area contributed by atoms with E-state index in [2.05, 4.69) is 63.9 Å². The zero-order valence-corrected chi connectivity index (χ0v) is 20.6. The van der Waals surface area contributed by atoms with Gasteiger partial charge in [0.2, 0.25) is 0 Å². The Bertz CT molecular complexity index is 975. The lowest BCUT2D eigenvalue weighted by Gasteiger charge is -2.30. The van der Waals surface area contributed by atoms with Crippen LogP contribution in [0.3, 0.4) is 0 Å². The Kier molecular flexibility index (Phi) is 8.24. The van der Waals surface area contributed by atoms with E-state index in [-0.39, 0.29) is 5.92 Å². The van der Waals surface area contributed by atoms with E-state index in [0.717, 1.165) is 56.2 Å². The molecule has 8 heteroatoms. The van der Waals surface area contributed by atoms with Gasteiger partial charge >= 0.3 is 0 Å². The van der Waals surface area contributed by atoms with Gasteiger partial charge in [0, 0.05) is 25.2 Å². The van der Waals surface area contributed by atoms with Gasteiger partial charge in [-0.1, -0.05) is 19.1 Å². The predicted octanol–water partition coefficient (Wildman–Crippen LogP) is 3.63. The topological polar surface area (TPSA) is 85.8 Å². The first kappa shape index (κ1) is 24.3. The number of aromatic nitrogens is 2. The molecule has 0 atom stereocenters. The summed E-state index contributed by atoms with van der Waals surface area (Å²) in [5, 5.41) is 7.48. The second kappa shape index (κ2) is 11.5. The molecule has 34 heavy (non-hydrogen) atoms. The average molecular weight is 464 g/mol. The fraction of sp³-hybridized carbons (Fsp3) is 0.538. The quantitative estimate of drug-likeness (QED) is 0.351. The molecule has 2 aromatic rings. The van der Waals surface area contributed by atoms with Crippen molar-refractivity contribution in [1.82, 2.24) is 25.2 Å². The Hall–Kier alpha value is -2.84. The largest absolute Gasteiger partial charge is 0.340 e. The average Bonchev–Trinajstić information content (AvgIpc) is 2.85. The number of carbonyl (C=O) groups is 1. The van der Waals surface area contributed by atoms with Crippen LogP contribution < -0.4 is 10.7 Å². The van der Waals surface area contributed by atoms with E-state index in [1.807, 2.05) is 0 Å². The van der Waals surface area contributed by atoms with Crippen LogP contribution in [0.25, 0.3) is 0 Å². The molecule has 0 radical (unpaired) electrons. The summed E-state index contributed by atoms with van der Waals surface area (Å²) in [4.78, 5) is 26.4. The number of benzene rings is 1. The van der Waals surface area contributed by atoms with Crippen LogP contribution in [0.4, 0.5) is 11.5 Å². The smallest absolute Gasteiger partial charge is 0.156 e. The zero-order valence-electron chi connectivity index (χ0n) is 20.6. The maximum absolute atomic E-state index is 12.0. The van der Waals surface area contributed by atoms with Crippen molar-refractivity contribution in [2.24, 2.45) is 11.0 Å². The lowest BCUT2D eigenvalue weighted by molar-refractivity contribution is 0.112. The summed E-state index contributed by atoms with van der Waals surface area (Å²) >= 11 is 0. The van der Waals surface area contributed by atoms with Crippen molar-refractivity contribution in [2.75, 3.05) is 45.6 Å². The number of carbonyl (C=O) groups excluding carboxylic acids is 1. The molecule has 0 aliphatic carbocycles. The number of likely N-dealkylation sites (tertiary alicyclic amines) is 2. The van der Waals surface area contributed by atoms with Crippen LogP contribution >= 0.6 is 0 Å². The van der Waals surface area contributed by atoms with Crippen LogP contribution in [0.1, 0.15) is 66.0 Å². The molecule has 1 aromatic heterocycles. The molecule has 2 N–H and O–H groups in total. The van der Waals surface area contributed by atoms with Crippen molar-refractivity contribution in [3.63, 3.8) is 0 Å². The van der Waals surface area contributed by atoms with Crippen molar-refractivity contribution in [2.45, 2.75) is 45.1 Å². The number of rotatable bonds is 8. The minimum Gasteiger partial charge on any atom is -0.340 e. The third kappa shape index (κ3) is 6.18. The standard InChI is InChI=1S/C26H37N7O/c1-19-8-14-33(15-9-19)17-20-4-6-22(7-5-20)29-26-23(18-34)24(16-28-27-2)30-25(31-26)21-10-12-32(3)13-11-21/h4-7,16,18-19,21,27H,8-15,17H2,1-3H3,(H,29,30,31)/b28-16-. The summed E-state index contributed by atoms with van der Waals surface area (Å²) < 4.78 is 0. The van der Waals surface area contributed by atoms with Crippen LogP contribution in [0, 0.1) is 5.92 Å². The second-order valence-corrected chi connectivity index (χ2v) is 9.69. The van der Waals surface area contributed by atoms with Gasteiger partial charge in [0.1, 0.15) is 11.6 Å². The molecule has 2 fully saturated rings. The fourth-order valence-electron chi connectivity index (χ4n) is 4.70. The third-order valence-electron chi connectivity index (χ3n) is 7.01. The van der Waals surface area contributed by atoms with Gasteiger partial charge in [-0.25, -0.2) is 9.97 Å². The maximum atomic E-state index is 12.0. The highest BCUT2D eigenvalue weighted by Gasteiger charge is 2.24. The molecule has 1 aromatic carbocycles. The number of nitrogens with one attached hydrogen (secondary N) is 2. The van der Waals surface area contributed by atoms with E-state index in [1.165, 1.54) is 31.5 Å². The Labute approximate surface area is 202 Å². The molecule has 0 saturated carbocycles. The lowest BCUT2D eigenvalue weighted by atomic mass is 9.96. The number of hydrogen-bond acceptors (Lipinski definition) is 8. The Balaban J connectivity index is 1.54. The van der Waals surface area contributed by atoms with Crippen molar-refractivity contribution >= 4 is 24.0 Å². The third-order valence-corrected chi connectivity index (χ3v) is 7.01. The molecule has 2 saturated heterocycles. The van der Waals surface area contributed by atoms with Gasteiger partial charge < -0.3 is 15.6 Å². The summed E-state index contributed by atoms with van der Waals surface area (Å²) in [6, 6.07) is 8.44. The molecular formula is C26H37N7O. The normalized spacial score (nSPS) is 18.9. The van der Waals surface area contributed by atoms with Gasteiger partial charge in [0.25, 0.3) is 0 Å². The van der Waals surface area contributed by atoms with Gasteiger partial charge in [0.05, 0.1) is 17.5 Å². The first-order chi connectivity index (χ1) is 16.6. The molecule has 8 nitrogen and oxygen atoms in total. The predicted molar refractivity (Wildman–Crippen MR) is 137 cm³/mol. The summed E-state index contributed by atoms with van der Waals surface area (Å²) in [6.07, 6.45) is 6.97. The summed E-state index contributed by atoms with van der Waals surface area (Å²) in [5.41, 5.74) is 5.90. The van der Waals surface area contributed by atoms with E-state index >= 15 is 0 Å². The molecular weight excluding hydrogens is 426 g/mol. The van der Waals surface area contributed by atoms with Gasteiger partial charge in [-0.05, 0) is 82.5 Å². The van der Waals surface area contributed by atoms with E-state index in [0.29, 0.717) is 17.1 Å². The lowest BCUT2D eigenvalue weighted by Crippen LogP contribution is -2.32. The molecule has 0 bridgehead atoms. The summed E-state index contributed by atoms with van der Waals surface area (Å²) in [6.45, 7) is 7.69. The van der Waals surface area contributed by atoms with E-state index in [1.54, 1.807) is 13.3 Å². The molecule has 2 aliphatic rings. The molecule has 0 unspecified atom stereocenters. The highest BCUT2D eigenvalue weighted by Crippen LogP contribution is 2.28. The number of anilines is 2. The van der Waals surface area contributed by atoms with E-state index in [4.69, 9.17) is 9.97 Å². The number of hydrogen-bond donors (Lipinski definition) is 2. The van der Waals surface area contributed by atoms with Gasteiger partial charge in [-0.3, -0.25) is 9.69 Å².